The van der Waals surface area contributed by atoms with Crippen LogP contribution in [0, 0.1) is 0 Å². The van der Waals surface area contributed by atoms with Gasteiger partial charge in [-0.2, -0.15) is 0 Å². The molecule has 2 rings (SSSR count). The fourth-order valence-electron chi connectivity index (χ4n) is 1.74. The van der Waals surface area contributed by atoms with E-state index in [1.807, 2.05) is 30.3 Å². The quantitative estimate of drug-likeness (QED) is 0.864. The van der Waals surface area contributed by atoms with Gasteiger partial charge in [0, 0.05) is 13.2 Å². The summed E-state index contributed by atoms with van der Waals surface area (Å²) in [5.74, 6) is 1.05. The van der Waals surface area contributed by atoms with Gasteiger partial charge in [0.05, 0.1) is 6.54 Å². The molecule has 1 unspecified atom stereocenters. The third kappa shape index (κ3) is 3.62. The summed E-state index contributed by atoms with van der Waals surface area (Å²) >= 11 is 0. The van der Waals surface area contributed by atoms with Crippen LogP contribution in [-0.4, -0.2) is 23.3 Å². The highest BCUT2D eigenvalue weighted by atomic mass is 16.5. The highest BCUT2D eigenvalue weighted by Gasteiger charge is 2.20. The molecule has 1 aromatic heterocycles. The largest absolute Gasteiger partial charge is 0.421 e. The Bertz CT molecular complexity index is 496. The van der Waals surface area contributed by atoms with Gasteiger partial charge in [0.15, 0.2) is 6.10 Å². The molecule has 0 saturated heterocycles. The molecule has 0 saturated carbocycles. The van der Waals surface area contributed by atoms with Crippen molar-refractivity contribution in [1.29, 1.82) is 0 Å². The Morgan fingerprint density at radius 3 is 2.58 bits per heavy atom. The summed E-state index contributed by atoms with van der Waals surface area (Å²) in [5.41, 5.74) is 0.997. The Labute approximate surface area is 113 Å². The zero-order valence-electron chi connectivity index (χ0n) is 11.5. The molecule has 0 bridgehead atoms. The molecule has 0 spiro atoms. The standard InChI is InChI=1S/C14H19N3O2/c1-10(2)15-9-12-16-17-14(19-12)13(18-3)11-7-5-4-6-8-11/h4-8,10,13,15H,9H2,1-3H3. The summed E-state index contributed by atoms with van der Waals surface area (Å²) in [6, 6.07) is 10.2. The summed E-state index contributed by atoms with van der Waals surface area (Å²) < 4.78 is 11.1. The molecule has 1 heterocycles. The Morgan fingerprint density at radius 1 is 1.21 bits per heavy atom. The fraction of sp³-hybridized carbons (Fsp3) is 0.429. The molecule has 19 heavy (non-hydrogen) atoms. The van der Waals surface area contributed by atoms with Crippen molar-refractivity contribution < 1.29 is 9.15 Å². The highest BCUT2D eigenvalue weighted by molar-refractivity contribution is 5.21. The number of ether oxygens (including phenoxy) is 1. The number of nitrogens with zero attached hydrogens (tertiary/aromatic N) is 2. The maximum absolute atomic E-state index is 5.63. The first-order valence-corrected chi connectivity index (χ1v) is 6.34. The minimum absolute atomic E-state index is 0.318. The Kier molecular flexibility index (Phi) is 4.65. The van der Waals surface area contributed by atoms with Gasteiger partial charge in [0.25, 0.3) is 0 Å². The molecule has 1 N–H and O–H groups in total. The van der Waals surface area contributed by atoms with Gasteiger partial charge in [-0.25, -0.2) is 0 Å². The van der Waals surface area contributed by atoms with E-state index in [4.69, 9.17) is 9.15 Å². The summed E-state index contributed by atoms with van der Waals surface area (Å²) in [4.78, 5) is 0. The van der Waals surface area contributed by atoms with Crippen LogP contribution in [0.15, 0.2) is 34.7 Å². The first kappa shape index (κ1) is 13.7. The van der Waals surface area contributed by atoms with Gasteiger partial charge in [-0.05, 0) is 5.56 Å². The molecule has 5 nitrogen and oxygen atoms in total. The number of rotatable bonds is 6. The third-order valence-electron chi connectivity index (χ3n) is 2.71. The van der Waals surface area contributed by atoms with Crippen molar-refractivity contribution in [1.82, 2.24) is 15.5 Å². The van der Waals surface area contributed by atoms with E-state index in [0.717, 1.165) is 5.56 Å². The van der Waals surface area contributed by atoms with Crippen molar-refractivity contribution in [3.8, 4) is 0 Å². The molecule has 0 amide bonds. The van der Waals surface area contributed by atoms with Crippen LogP contribution in [0.4, 0.5) is 0 Å². The van der Waals surface area contributed by atoms with Crippen molar-refractivity contribution in [2.24, 2.45) is 0 Å². The number of aromatic nitrogens is 2. The molecular formula is C14H19N3O2. The molecule has 0 fully saturated rings. The van der Waals surface area contributed by atoms with Crippen molar-refractivity contribution in [3.63, 3.8) is 0 Å². The molecule has 102 valence electrons. The van der Waals surface area contributed by atoms with Gasteiger partial charge in [-0.3, -0.25) is 0 Å². The average molecular weight is 261 g/mol. The summed E-state index contributed by atoms with van der Waals surface area (Å²) in [7, 11) is 1.63. The predicted molar refractivity (Wildman–Crippen MR) is 71.6 cm³/mol. The van der Waals surface area contributed by atoms with Crippen LogP contribution < -0.4 is 5.32 Å². The zero-order valence-corrected chi connectivity index (χ0v) is 11.5. The maximum atomic E-state index is 5.63. The first-order valence-electron chi connectivity index (χ1n) is 6.34. The average Bonchev–Trinajstić information content (AvgIpc) is 2.87. The van der Waals surface area contributed by atoms with Gasteiger partial charge in [0.1, 0.15) is 0 Å². The number of hydrogen-bond acceptors (Lipinski definition) is 5. The second kappa shape index (κ2) is 6.45. The van der Waals surface area contributed by atoms with Gasteiger partial charge in [0.2, 0.25) is 11.8 Å². The van der Waals surface area contributed by atoms with E-state index in [1.165, 1.54) is 0 Å². The molecule has 5 heteroatoms. The van der Waals surface area contributed by atoms with E-state index in [-0.39, 0.29) is 6.10 Å². The second-order valence-corrected chi connectivity index (χ2v) is 4.60. The van der Waals surface area contributed by atoms with Crippen molar-refractivity contribution in [2.75, 3.05) is 7.11 Å². The van der Waals surface area contributed by atoms with Crippen LogP contribution >= 0.6 is 0 Å². The third-order valence-corrected chi connectivity index (χ3v) is 2.71. The van der Waals surface area contributed by atoms with Gasteiger partial charge in [-0.1, -0.05) is 44.2 Å². The van der Waals surface area contributed by atoms with Crippen LogP contribution in [-0.2, 0) is 11.3 Å². The lowest BCUT2D eigenvalue weighted by Gasteiger charge is -2.10. The normalized spacial score (nSPS) is 12.8. The van der Waals surface area contributed by atoms with E-state index in [0.29, 0.717) is 24.4 Å². The summed E-state index contributed by atoms with van der Waals surface area (Å²) in [6.07, 6.45) is -0.318. The minimum atomic E-state index is -0.318. The highest BCUT2D eigenvalue weighted by Crippen LogP contribution is 2.23. The topological polar surface area (TPSA) is 60.2 Å². The molecule has 0 aliphatic rings. The fourth-order valence-corrected chi connectivity index (χ4v) is 1.74. The van der Waals surface area contributed by atoms with Gasteiger partial charge in [-0.15, -0.1) is 10.2 Å². The van der Waals surface area contributed by atoms with Crippen LogP contribution in [0.5, 0.6) is 0 Å². The minimum Gasteiger partial charge on any atom is -0.421 e. The zero-order chi connectivity index (χ0) is 13.7. The van der Waals surface area contributed by atoms with Crippen molar-refractivity contribution in [3.05, 3.63) is 47.7 Å². The van der Waals surface area contributed by atoms with E-state index in [1.54, 1.807) is 7.11 Å². The summed E-state index contributed by atoms with van der Waals surface area (Å²) in [6.45, 7) is 4.70. The van der Waals surface area contributed by atoms with E-state index >= 15 is 0 Å². The van der Waals surface area contributed by atoms with E-state index in [9.17, 15) is 0 Å². The number of nitrogens with one attached hydrogen (secondary N) is 1. The molecule has 0 radical (unpaired) electrons. The molecule has 0 aliphatic heterocycles. The van der Waals surface area contributed by atoms with Crippen molar-refractivity contribution in [2.45, 2.75) is 32.5 Å². The second-order valence-electron chi connectivity index (χ2n) is 4.60. The number of methoxy groups -OCH3 is 1. The molecular weight excluding hydrogens is 242 g/mol. The van der Waals surface area contributed by atoms with Crippen LogP contribution in [0.25, 0.3) is 0 Å². The molecule has 1 aromatic carbocycles. The smallest absolute Gasteiger partial charge is 0.249 e. The summed E-state index contributed by atoms with van der Waals surface area (Å²) in [5, 5.41) is 11.3. The van der Waals surface area contributed by atoms with E-state index < -0.39 is 0 Å². The maximum Gasteiger partial charge on any atom is 0.249 e. The molecule has 1 atom stereocenters. The lowest BCUT2D eigenvalue weighted by Crippen LogP contribution is -2.21. The van der Waals surface area contributed by atoms with Crippen LogP contribution in [0.1, 0.15) is 37.3 Å². The van der Waals surface area contributed by atoms with E-state index in [2.05, 4.69) is 29.4 Å². The number of hydrogen-bond donors (Lipinski definition) is 1. The lowest BCUT2D eigenvalue weighted by molar-refractivity contribution is 0.110. The monoisotopic (exact) mass is 261 g/mol. The molecule has 0 aliphatic carbocycles. The van der Waals surface area contributed by atoms with Crippen molar-refractivity contribution >= 4 is 0 Å². The number of benzene rings is 1. The van der Waals surface area contributed by atoms with Crippen LogP contribution in [0.3, 0.4) is 0 Å². The predicted octanol–water partition coefficient (Wildman–Crippen LogP) is 2.30. The Morgan fingerprint density at radius 2 is 1.95 bits per heavy atom. The van der Waals surface area contributed by atoms with Crippen LogP contribution in [0.2, 0.25) is 0 Å². The lowest BCUT2D eigenvalue weighted by atomic mass is 10.1. The van der Waals surface area contributed by atoms with Gasteiger partial charge < -0.3 is 14.5 Å². The first-order chi connectivity index (χ1) is 9.20. The Hall–Kier alpha value is -1.72. The van der Waals surface area contributed by atoms with Gasteiger partial charge >= 0.3 is 0 Å². The SMILES string of the molecule is COC(c1ccccc1)c1nnc(CNC(C)C)o1. The molecule has 2 aromatic rings. The Balaban J connectivity index is 2.12.